The lowest BCUT2D eigenvalue weighted by Gasteiger charge is -2.26. The van der Waals surface area contributed by atoms with Gasteiger partial charge in [0, 0.05) is 19.3 Å². The third-order valence-corrected chi connectivity index (χ3v) is 4.33. The molecule has 1 aromatic carbocycles. The van der Waals surface area contributed by atoms with Crippen LogP contribution in [0.2, 0.25) is 0 Å². The average molecular weight is 312 g/mol. The first-order valence-electron chi connectivity index (χ1n) is 7.71. The van der Waals surface area contributed by atoms with Crippen molar-refractivity contribution in [2.45, 2.75) is 18.4 Å². The lowest BCUT2D eigenvalue weighted by Crippen LogP contribution is -2.37. The number of amides is 1. The summed E-state index contributed by atoms with van der Waals surface area (Å²) in [5, 5.41) is 9.86. The van der Waals surface area contributed by atoms with Gasteiger partial charge >= 0.3 is 6.09 Å². The molecule has 1 amide bonds. The number of pyridine rings is 1. The number of carbonyl (C=O) groups excluding carboxylic acids is 1. The van der Waals surface area contributed by atoms with Gasteiger partial charge in [0.05, 0.1) is 17.7 Å². The predicted octanol–water partition coefficient (Wildman–Crippen LogP) is 2.35. The molecule has 0 aliphatic carbocycles. The molecule has 1 N–H and O–H groups in total. The number of aliphatic hydroxyl groups is 1. The summed E-state index contributed by atoms with van der Waals surface area (Å²) >= 11 is 0. The number of nitrogens with zero attached hydrogens (tertiary/aromatic N) is 2. The van der Waals surface area contributed by atoms with Gasteiger partial charge in [-0.1, -0.05) is 36.4 Å². The van der Waals surface area contributed by atoms with E-state index in [-0.39, 0.29) is 19.3 Å². The first-order valence-corrected chi connectivity index (χ1v) is 7.71. The topological polar surface area (TPSA) is 62.7 Å². The molecule has 3 rings (SSSR count). The number of ether oxygens (including phenoxy) is 1. The maximum Gasteiger partial charge on any atom is 0.410 e. The number of carbonyl (C=O) groups is 1. The zero-order chi connectivity index (χ0) is 16.1. The van der Waals surface area contributed by atoms with Gasteiger partial charge in [-0.05, 0) is 24.1 Å². The van der Waals surface area contributed by atoms with Crippen LogP contribution in [-0.2, 0) is 16.8 Å². The van der Waals surface area contributed by atoms with Gasteiger partial charge in [-0.2, -0.15) is 0 Å². The van der Waals surface area contributed by atoms with Crippen LogP contribution in [0.5, 0.6) is 0 Å². The Morgan fingerprint density at radius 3 is 2.70 bits per heavy atom. The Labute approximate surface area is 135 Å². The molecule has 1 saturated heterocycles. The van der Waals surface area contributed by atoms with Gasteiger partial charge in [0.15, 0.2) is 0 Å². The Balaban J connectivity index is 1.63. The highest BCUT2D eigenvalue weighted by molar-refractivity contribution is 5.68. The summed E-state index contributed by atoms with van der Waals surface area (Å²) in [6, 6.07) is 15.2. The molecule has 5 heteroatoms. The molecular weight excluding hydrogens is 292 g/mol. The zero-order valence-electron chi connectivity index (χ0n) is 12.9. The summed E-state index contributed by atoms with van der Waals surface area (Å²) in [5.41, 5.74) is 1.28. The van der Waals surface area contributed by atoms with E-state index < -0.39 is 5.41 Å². The second kappa shape index (κ2) is 6.79. The van der Waals surface area contributed by atoms with E-state index in [9.17, 15) is 9.90 Å². The maximum absolute atomic E-state index is 12.3. The summed E-state index contributed by atoms with van der Waals surface area (Å²) in [6.45, 7) is 1.21. The lowest BCUT2D eigenvalue weighted by atomic mass is 9.84. The Morgan fingerprint density at radius 1 is 1.22 bits per heavy atom. The Morgan fingerprint density at radius 2 is 2.00 bits per heavy atom. The summed E-state index contributed by atoms with van der Waals surface area (Å²) in [5.74, 6) is 0. The molecule has 0 saturated carbocycles. The Hall–Kier alpha value is -2.40. The van der Waals surface area contributed by atoms with Crippen molar-refractivity contribution in [1.29, 1.82) is 0 Å². The normalized spacial score (nSPS) is 20.5. The molecule has 23 heavy (non-hydrogen) atoms. The molecular formula is C18H20N2O3. The quantitative estimate of drug-likeness (QED) is 0.941. The van der Waals surface area contributed by atoms with Crippen LogP contribution in [0.1, 0.15) is 17.7 Å². The molecule has 1 aliphatic rings. The molecule has 1 atom stereocenters. The van der Waals surface area contributed by atoms with Crippen LogP contribution in [0.15, 0.2) is 54.7 Å². The summed E-state index contributed by atoms with van der Waals surface area (Å²) in [7, 11) is 0. The predicted molar refractivity (Wildman–Crippen MR) is 85.8 cm³/mol. The van der Waals surface area contributed by atoms with Crippen molar-refractivity contribution in [3.8, 4) is 0 Å². The first-order chi connectivity index (χ1) is 11.2. The number of hydrogen-bond acceptors (Lipinski definition) is 4. The van der Waals surface area contributed by atoms with Gasteiger partial charge in [0.25, 0.3) is 0 Å². The minimum absolute atomic E-state index is 0.0352. The number of hydrogen-bond donors (Lipinski definition) is 1. The molecule has 1 fully saturated rings. The van der Waals surface area contributed by atoms with E-state index >= 15 is 0 Å². The van der Waals surface area contributed by atoms with Crippen LogP contribution in [0, 0.1) is 0 Å². The number of aliphatic hydroxyl groups excluding tert-OH is 1. The van der Waals surface area contributed by atoms with Crippen LogP contribution in [0.3, 0.4) is 0 Å². The molecule has 5 nitrogen and oxygen atoms in total. The van der Waals surface area contributed by atoms with Gasteiger partial charge in [0.1, 0.15) is 6.61 Å². The fourth-order valence-electron chi connectivity index (χ4n) is 2.93. The SMILES string of the molecule is O=C(OCc1ccccc1)N1CCC(CO)(c2ccccn2)C1. The molecule has 120 valence electrons. The summed E-state index contributed by atoms with van der Waals surface area (Å²) < 4.78 is 5.37. The van der Waals surface area contributed by atoms with Crippen molar-refractivity contribution in [2.75, 3.05) is 19.7 Å². The largest absolute Gasteiger partial charge is 0.445 e. The number of rotatable bonds is 4. The highest BCUT2D eigenvalue weighted by atomic mass is 16.6. The smallest absolute Gasteiger partial charge is 0.410 e. The third kappa shape index (κ3) is 3.35. The van der Waals surface area contributed by atoms with Crippen molar-refractivity contribution >= 4 is 6.09 Å². The van der Waals surface area contributed by atoms with Crippen LogP contribution >= 0.6 is 0 Å². The highest BCUT2D eigenvalue weighted by Gasteiger charge is 2.42. The average Bonchev–Trinajstić information content (AvgIpc) is 3.07. The summed E-state index contributed by atoms with van der Waals surface area (Å²) in [4.78, 5) is 18.3. The summed E-state index contributed by atoms with van der Waals surface area (Å²) in [6.07, 6.45) is 2.05. The number of likely N-dealkylation sites (tertiary alicyclic amines) is 1. The molecule has 0 spiro atoms. The molecule has 1 aromatic heterocycles. The van der Waals surface area contributed by atoms with Gasteiger partial charge in [0.2, 0.25) is 0 Å². The van der Waals surface area contributed by atoms with Crippen molar-refractivity contribution in [3.05, 3.63) is 66.0 Å². The fourth-order valence-corrected chi connectivity index (χ4v) is 2.93. The lowest BCUT2D eigenvalue weighted by molar-refractivity contribution is 0.0992. The Kier molecular flexibility index (Phi) is 4.57. The molecule has 2 aromatic rings. The van der Waals surface area contributed by atoms with Crippen LogP contribution in [0.25, 0.3) is 0 Å². The molecule has 1 aliphatic heterocycles. The number of benzene rings is 1. The maximum atomic E-state index is 12.3. The fraction of sp³-hybridized carbons (Fsp3) is 0.333. The van der Waals surface area contributed by atoms with E-state index in [1.165, 1.54) is 0 Å². The van der Waals surface area contributed by atoms with Crippen LogP contribution in [-0.4, -0.2) is 40.8 Å². The van der Waals surface area contributed by atoms with E-state index in [0.717, 1.165) is 11.3 Å². The van der Waals surface area contributed by atoms with E-state index in [1.54, 1.807) is 11.1 Å². The molecule has 0 bridgehead atoms. The standard InChI is InChI=1S/C18H20N2O3/c21-14-18(16-8-4-5-10-19-16)9-11-20(13-18)17(22)23-12-15-6-2-1-3-7-15/h1-8,10,21H,9,11-14H2. The van der Waals surface area contributed by atoms with Crippen molar-refractivity contribution in [3.63, 3.8) is 0 Å². The zero-order valence-corrected chi connectivity index (χ0v) is 12.9. The van der Waals surface area contributed by atoms with Crippen molar-refractivity contribution in [2.24, 2.45) is 0 Å². The molecule has 1 unspecified atom stereocenters. The van der Waals surface area contributed by atoms with Gasteiger partial charge in [-0.3, -0.25) is 4.98 Å². The minimum Gasteiger partial charge on any atom is -0.445 e. The number of aromatic nitrogens is 1. The van der Waals surface area contributed by atoms with E-state index in [1.807, 2.05) is 48.5 Å². The monoisotopic (exact) mass is 312 g/mol. The van der Waals surface area contributed by atoms with Crippen LogP contribution < -0.4 is 0 Å². The second-order valence-corrected chi connectivity index (χ2v) is 5.87. The van der Waals surface area contributed by atoms with Gasteiger partial charge < -0.3 is 14.7 Å². The van der Waals surface area contributed by atoms with E-state index in [4.69, 9.17) is 4.74 Å². The Bertz CT molecular complexity index is 648. The molecule has 2 heterocycles. The van der Waals surface area contributed by atoms with Crippen LogP contribution in [0.4, 0.5) is 4.79 Å². The van der Waals surface area contributed by atoms with Crippen molar-refractivity contribution < 1.29 is 14.6 Å². The minimum atomic E-state index is -0.493. The third-order valence-electron chi connectivity index (χ3n) is 4.33. The highest BCUT2D eigenvalue weighted by Crippen LogP contribution is 2.33. The molecule has 0 radical (unpaired) electrons. The second-order valence-electron chi connectivity index (χ2n) is 5.87. The van der Waals surface area contributed by atoms with Gasteiger partial charge in [-0.15, -0.1) is 0 Å². The van der Waals surface area contributed by atoms with E-state index in [2.05, 4.69) is 4.98 Å². The van der Waals surface area contributed by atoms with Gasteiger partial charge in [-0.25, -0.2) is 4.79 Å². The first kappa shape index (κ1) is 15.5. The van der Waals surface area contributed by atoms with E-state index in [0.29, 0.717) is 19.5 Å². The van der Waals surface area contributed by atoms with Crippen molar-refractivity contribution in [1.82, 2.24) is 9.88 Å².